The first-order valence-corrected chi connectivity index (χ1v) is 12.0. The topological polar surface area (TPSA) is 54.0 Å². The first-order valence-electron chi connectivity index (χ1n) is 12.0. The van der Waals surface area contributed by atoms with Gasteiger partial charge in [0.15, 0.2) is 0 Å². The molecule has 0 atom stereocenters. The summed E-state index contributed by atoms with van der Waals surface area (Å²) in [6.45, 7) is 3.24. The van der Waals surface area contributed by atoms with Crippen molar-refractivity contribution in [1.29, 1.82) is 0 Å². The molecule has 0 spiro atoms. The normalized spacial score (nSPS) is 13.1. The summed E-state index contributed by atoms with van der Waals surface area (Å²) >= 11 is 0. The van der Waals surface area contributed by atoms with Crippen LogP contribution in [0, 0.1) is 6.92 Å². The second kappa shape index (κ2) is 11.7. The van der Waals surface area contributed by atoms with Gasteiger partial charge >= 0.3 is 5.97 Å². The Morgan fingerprint density at radius 2 is 1.66 bits per heavy atom. The minimum atomic E-state index is -0.419. The predicted molar refractivity (Wildman–Crippen MR) is 138 cm³/mol. The zero-order chi connectivity index (χ0) is 24.6. The van der Waals surface area contributed by atoms with Crippen LogP contribution in [0.5, 0.6) is 17.2 Å². The second-order valence-corrected chi connectivity index (χ2v) is 8.73. The molecule has 0 unspecified atom stereocenters. The third-order valence-corrected chi connectivity index (χ3v) is 6.03. The number of hydrogen-bond acceptors (Lipinski definition) is 5. The van der Waals surface area contributed by atoms with Gasteiger partial charge < -0.3 is 18.9 Å². The zero-order valence-electron chi connectivity index (χ0n) is 20.6. The molecule has 1 saturated carbocycles. The molecule has 1 fully saturated rings. The third-order valence-electron chi connectivity index (χ3n) is 6.03. The fourth-order valence-electron chi connectivity index (χ4n) is 3.91. The monoisotopic (exact) mass is 472 g/mol. The van der Waals surface area contributed by atoms with Crippen LogP contribution in [0.3, 0.4) is 0 Å². The summed E-state index contributed by atoms with van der Waals surface area (Å²) in [5, 5.41) is 0. The van der Waals surface area contributed by atoms with E-state index in [1.165, 1.54) is 30.0 Å². The van der Waals surface area contributed by atoms with Gasteiger partial charge in [-0.3, -0.25) is 0 Å². The Morgan fingerprint density at radius 3 is 2.34 bits per heavy atom. The maximum Gasteiger partial charge on any atom is 0.336 e. The van der Waals surface area contributed by atoms with Crippen LogP contribution in [0.2, 0.25) is 0 Å². The molecule has 3 aromatic carbocycles. The van der Waals surface area contributed by atoms with Gasteiger partial charge in [0.1, 0.15) is 17.2 Å². The number of esters is 1. The largest absolute Gasteiger partial charge is 0.497 e. The van der Waals surface area contributed by atoms with Crippen LogP contribution in [-0.2, 0) is 9.53 Å². The Bertz CT molecular complexity index is 1180. The molecule has 0 aliphatic heterocycles. The molecule has 0 bridgehead atoms. The average molecular weight is 473 g/mol. The maximum atomic E-state index is 12.3. The van der Waals surface area contributed by atoms with Crippen molar-refractivity contribution in [3.8, 4) is 28.4 Å². The number of carbonyl (C=O) groups excluding carboxylic acids is 1. The lowest BCUT2D eigenvalue weighted by Crippen LogP contribution is -2.04. The van der Waals surface area contributed by atoms with E-state index in [-0.39, 0.29) is 0 Å². The Morgan fingerprint density at radius 1 is 0.914 bits per heavy atom. The molecule has 5 nitrogen and oxygen atoms in total. The number of benzene rings is 3. The van der Waals surface area contributed by atoms with E-state index in [2.05, 4.69) is 30.3 Å². The molecule has 1 aliphatic rings. The van der Waals surface area contributed by atoms with Crippen LogP contribution in [0.4, 0.5) is 0 Å². The van der Waals surface area contributed by atoms with Crippen molar-refractivity contribution in [2.24, 2.45) is 0 Å². The number of aryl methyl sites for hydroxylation is 1. The van der Waals surface area contributed by atoms with Crippen molar-refractivity contribution < 1.29 is 23.7 Å². The van der Waals surface area contributed by atoms with Crippen LogP contribution in [-0.4, -0.2) is 33.4 Å². The molecular weight excluding hydrogens is 440 g/mol. The molecule has 0 heterocycles. The second-order valence-electron chi connectivity index (χ2n) is 8.73. The smallest absolute Gasteiger partial charge is 0.336 e. The lowest BCUT2D eigenvalue weighted by Gasteiger charge is -2.13. The highest BCUT2D eigenvalue weighted by molar-refractivity contribution is 5.89. The fraction of sp³-hybridized carbons (Fsp3) is 0.300. The molecule has 3 aromatic rings. The van der Waals surface area contributed by atoms with Gasteiger partial charge in [0.25, 0.3) is 0 Å². The van der Waals surface area contributed by atoms with E-state index >= 15 is 0 Å². The summed E-state index contributed by atoms with van der Waals surface area (Å²) in [6.07, 6.45) is 6.52. The van der Waals surface area contributed by atoms with E-state index in [0.717, 1.165) is 34.6 Å². The summed E-state index contributed by atoms with van der Waals surface area (Å²) in [6, 6.07) is 19.9. The van der Waals surface area contributed by atoms with Crippen LogP contribution in [0.25, 0.3) is 17.2 Å². The van der Waals surface area contributed by atoms with Gasteiger partial charge in [-0.15, -0.1) is 0 Å². The summed E-state index contributed by atoms with van der Waals surface area (Å²) in [5.41, 5.74) is 5.36. The minimum Gasteiger partial charge on any atom is -0.497 e. The number of hydrogen-bond donors (Lipinski definition) is 0. The van der Waals surface area contributed by atoms with Gasteiger partial charge in [0.2, 0.25) is 0 Å². The highest BCUT2D eigenvalue weighted by Gasteiger charge is 2.27. The highest BCUT2D eigenvalue weighted by Crippen LogP contribution is 2.45. The number of ether oxygens (including phenoxy) is 4. The van der Waals surface area contributed by atoms with E-state index in [1.54, 1.807) is 32.4 Å². The maximum absolute atomic E-state index is 12.3. The summed E-state index contributed by atoms with van der Waals surface area (Å²) in [4.78, 5) is 12.3. The van der Waals surface area contributed by atoms with Gasteiger partial charge in [-0.2, -0.15) is 0 Å². The summed E-state index contributed by atoms with van der Waals surface area (Å²) in [5.74, 6) is 2.41. The van der Waals surface area contributed by atoms with E-state index < -0.39 is 5.97 Å². The van der Waals surface area contributed by atoms with Gasteiger partial charge in [-0.1, -0.05) is 30.3 Å². The molecule has 0 aromatic heterocycles. The lowest BCUT2D eigenvalue weighted by molar-refractivity contribution is -0.128. The molecule has 35 heavy (non-hydrogen) atoms. The molecular formula is C30H32O5. The highest BCUT2D eigenvalue weighted by atomic mass is 16.5. The van der Waals surface area contributed by atoms with Crippen LogP contribution in [0.1, 0.15) is 41.9 Å². The fourth-order valence-corrected chi connectivity index (χ4v) is 3.91. The Labute approximate surface area is 207 Å². The predicted octanol–water partition coefficient (Wildman–Crippen LogP) is 6.58. The molecule has 4 rings (SSSR count). The van der Waals surface area contributed by atoms with E-state index in [4.69, 9.17) is 18.9 Å². The first kappa shape index (κ1) is 24.6. The molecule has 0 saturated heterocycles. The standard InChI is InChI=1S/C30H32O5/c1-21-19-26(33-3)13-15-28(21)35-30(31)16-7-22-5-8-23(9-6-22)25-12-14-29(34-18-4-17-32-2)27(20-25)24-10-11-24/h5-9,12-16,19-20,24H,4,10-11,17-18H2,1-3H3/b16-7+. The van der Waals surface area contributed by atoms with Crippen LogP contribution >= 0.6 is 0 Å². The number of rotatable bonds is 11. The summed E-state index contributed by atoms with van der Waals surface area (Å²) < 4.78 is 21.8. The average Bonchev–Trinajstić information content (AvgIpc) is 3.72. The van der Waals surface area contributed by atoms with E-state index in [1.807, 2.05) is 25.1 Å². The van der Waals surface area contributed by atoms with Gasteiger partial charge in [-0.05, 0) is 89.9 Å². The molecule has 1 aliphatic carbocycles. The Kier molecular flexibility index (Phi) is 8.22. The summed E-state index contributed by atoms with van der Waals surface area (Å²) in [7, 11) is 3.32. The van der Waals surface area contributed by atoms with Crippen molar-refractivity contribution in [2.75, 3.05) is 27.4 Å². The first-order chi connectivity index (χ1) is 17.1. The molecule has 0 amide bonds. The minimum absolute atomic E-state index is 0.419. The van der Waals surface area contributed by atoms with Crippen molar-refractivity contribution >= 4 is 12.0 Å². The molecule has 5 heteroatoms. The van der Waals surface area contributed by atoms with Crippen molar-refractivity contribution in [3.05, 3.63) is 83.4 Å². The SMILES string of the molecule is COCCCOc1ccc(-c2ccc(/C=C/C(=O)Oc3ccc(OC)cc3C)cc2)cc1C1CC1. The van der Waals surface area contributed by atoms with Crippen LogP contribution < -0.4 is 14.2 Å². The quantitative estimate of drug-likeness (QED) is 0.137. The molecule has 0 radical (unpaired) electrons. The zero-order valence-corrected chi connectivity index (χ0v) is 20.6. The van der Waals surface area contributed by atoms with Gasteiger partial charge in [-0.25, -0.2) is 4.79 Å². The van der Waals surface area contributed by atoms with Gasteiger partial charge in [0.05, 0.1) is 13.7 Å². The molecule has 0 N–H and O–H groups in total. The van der Waals surface area contributed by atoms with Crippen molar-refractivity contribution in [2.45, 2.75) is 32.1 Å². The van der Waals surface area contributed by atoms with E-state index in [0.29, 0.717) is 24.9 Å². The van der Waals surface area contributed by atoms with Gasteiger partial charge in [0, 0.05) is 26.2 Å². The van der Waals surface area contributed by atoms with Crippen LogP contribution in [0.15, 0.2) is 66.7 Å². The third kappa shape index (κ3) is 6.74. The Balaban J connectivity index is 1.39. The lowest BCUT2D eigenvalue weighted by atomic mass is 9.99. The Hall–Kier alpha value is -3.57. The molecule has 182 valence electrons. The van der Waals surface area contributed by atoms with E-state index in [9.17, 15) is 4.79 Å². The van der Waals surface area contributed by atoms with Crippen molar-refractivity contribution in [1.82, 2.24) is 0 Å². The number of carbonyl (C=O) groups is 1. The number of methoxy groups -OCH3 is 2. The van der Waals surface area contributed by atoms with Crippen molar-refractivity contribution in [3.63, 3.8) is 0 Å².